The summed E-state index contributed by atoms with van der Waals surface area (Å²) in [5.41, 5.74) is 26.1. The highest BCUT2D eigenvalue weighted by atomic mass is 32.1. The van der Waals surface area contributed by atoms with E-state index in [0.717, 1.165) is 128 Å². The van der Waals surface area contributed by atoms with Crippen molar-refractivity contribution >= 4 is 138 Å². The van der Waals surface area contributed by atoms with Gasteiger partial charge in [0.1, 0.15) is 33.5 Å². The van der Waals surface area contributed by atoms with E-state index in [1.807, 2.05) is 84.1 Å². The Morgan fingerprint density at radius 2 is 0.667 bits per heavy atom. The van der Waals surface area contributed by atoms with Crippen molar-refractivity contribution in [3.05, 3.63) is 357 Å². The van der Waals surface area contributed by atoms with E-state index in [4.69, 9.17) is 13.3 Å². The third kappa shape index (κ3) is 11.8. The SMILES string of the molecule is CC1(C)C=Cc2cc(Nc3cc(-c4ccc(-c5ccccc5)cc4)c4oc5ccccc5c4c3)ccc21.c1ccc(-c2cccc(Nc3cc(-c4ccccc4)c4oc5ccccc5c4c3)c2)cc1.c1ccc(Nc2cc(-c3cccc4c3sc3ccccc34)c3oc4ccccc4c3c2)cc1. The van der Waals surface area contributed by atoms with Gasteiger partial charge in [-0.05, 0) is 142 Å². The average molecular weight is 1330 g/mol. The first kappa shape index (κ1) is 61.4. The summed E-state index contributed by atoms with van der Waals surface area (Å²) in [6.07, 6.45) is 4.51. The number of allylic oxidation sites excluding steroid dienone is 1. The van der Waals surface area contributed by atoms with Crippen LogP contribution in [-0.4, -0.2) is 0 Å². The molecule has 1 aliphatic carbocycles. The van der Waals surface area contributed by atoms with Gasteiger partial charge in [0.15, 0.2) is 0 Å². The fraction of sp³-hybridized carbons (Fsp3) is 0.0316. The smallest absolute Gasteiger partial charge is 0.143 e. The van der Waals surface area contributed by atoms with Crippen molar-refractivity contribution in [1.82, 2.24) is 0 Å². The molecule has 3 N–H and O–H groups in total. The Labute approximate surface area is 594 Å². The number of thiophene rings is 1. The van der Waals surface area contributed by atoms with Gasteiger partial charge in [-0.3, -0.25) is 0 Å². The lowest BCUT2D eigenvalue weighted by Gasteiger charge is -2.18. The molecule has 7 heteroatoms. The first-order chi connectivity index (χ1) is 50.2. The monoisotopic (exact) mass is 1330 g/mol. The minimum atomic E-state index is 0.0849. The second kappa shape index (κ2) is 26.1. The van der Waals surface area contributed by atoms with Gasteiger partial charge in [0.05, 0.1) is 0 Å². The number of anilines is 6. The molecule has 6 nitrogen and oxygen atoms in total. The Morgan fingerprint density at radius 1 is 0.265 bits per heavy atom. The van der Waals surface area contributed by atoms with E-state index < -0.39 is 0 Å². The van der Waals surface area contributed by atoms with Crippen LogP contribution in [0.5, 0.6) is 0 Å². The third-order valence-electron chi connectivity index (χ3n) is 19.6. The van der Waals surface area contributed by atoms with Crippen LogP contribution in [0, 0.1) is 0 Å². The number of nitrogens with one attached hydrogen (secondary N) is 3. The van der Waals surface area contributed by atoms with Gasteiger partial charge in [0, 0.05) is 114 Å². The van der Waals surface area contributed by atoms with E-state index in [0.29, 0.717) is 0 Å². The maximum absolute atomic E-state index is 6.44. The van der Waals surface area contributed by atoms with Crippen LogP contribution in [0.15, 0.2) is 359 Å². The predicted molar refractivity (Wildman–Crippen MR) is 432 cm³/mol. The normalized spacial score (nSPS) is 12.3. The number of rotatable bonds is 11. The van der Waals surface area contributed by atoms with Crippen LogP contribution in [0.3, 0.4) is 0 Å². The van der Waals surface area contributed by atoms with Gasteiger partial charge in [-0.15, -0.1) is 11.3 Å². The van der Waals surface area contributed by atoms with Crippen LogP contribution in [0.2, 0.25) is 0 Å². The minimum absolute atomic E-state index is 0.0849. The first-order valence-corrected chi connectivity index (χ1v) is 35.4. The average Bonchev–Trinajstić information content (AvgIpc) is 1.58. The molecule has 102 heavy (non-hydrogen) atoms. The number of hydrogen-bond donors (Lipinski definition) is 3. The highest BCUT2D eigenvalue weighted by Gasteiger charge is 2.26. The van der Waals surface area contributed by atoms with Gasteiger partial charge in [-0.25, -0.2) is 0 Å². The molecule has 0 saturated carbocycles. The summed E-state index contributed by atoms with van der Waals surface area (Å²) < 4.78 is 21.7. The lowest BCUT2D eigenvalue weighted by atomic mass is 9.87. The van der Waals surface area contributed by atoms with Crippen molar-refractivity contribution in [3.8, 4) is 55.6 Å². The Kier molecular flexibility index (Phi) is 15.7. The molecule has 19 aromatic rings. The summed E-state index contributed by atoms with van der Waals surface area (Å²) in [5.74, 6) is 0. The van der Waals surface area contributed by atoms with Crippen LogP contribution in [-0.2, 0) is 5.41 Å². The third-order valence-corrected chi connectivity index (χ3v) is 20.8. The topological polar surface area (TPSA) is 75.5 Å². The number of fused-ring (bicyclic) bond motifs is 13. The number of benzene rings is 15. The molecule has 15 aromatic carbocycles. The summed E-state index contributed by atoms with van der Waals surface area (Å²) >= 11 is 1.85. The number of para-hydroxylation sites is 4. The number of hydrogen-bond acceptors (Lipinski definition) is 7. The zero-order chi connectivity index (χ0) is 68.1. The lowest BCUT2D eigenvalue weighted by molar-refractivity contribution is 0.669. The summed E-state index contributed by atoms with van der Waals surface area (Å²) in [6, 6.07) is 119. The predicted octanol–water partition coefficient (Wildman–Crippen LogP) is 28.0. The molecule has 0 spiro atoms. The lowest BCUT2D eigenvalue weighted by Crippen LogP contribution is -2.10. The summed E-state index contributed by atoms with van der Waals surface area (Å²) in [6.45, 7) is 4.52. The minimum Gasteiger partial charge on any atom is -0.455 e. The van der Waals surface area contributed by atoms with Crippen molar-refractivity contribution in [2.45, 2.75) is 19.3 Å². The molecule has 0 bridgehead atoms. The van der Waals surface area contributed by atoms with Crippen LogP contribution in [0.1, 0.15) is 25.0 Å². The van der Waals surface area contributed by atoms with E-state index >= 15 is 0 Å². The van der Waals surface area contributed by atoms with Crippen molar-refractivity contribution in [2.75, 3.05) is 16.0 Å². The molecule has 4 heterocycles. The summed E-state index contributed by atoms with van der Waals surface area (Å²) in [7, 11) is 0. The van der Waals surface area contributed by atoms with Crippen molar-refractivity contribution in [2.24, 2.45) is 0 Å². The summed E-state index contributed by atoms with van der Waals surface area (Å²) in [5, 5.41) is 20.2. The molecule has 0 aliphatic heterocycles. The van der Waals surface area contributed by atoms with Crippen molar-refractivity contribution < 1.29 is 13.3 Å². The highest BCUT2D eigenvalue weighted by molar-refractivity contribution is 7.26. The largest absolute Gasteiger partial charge is 0.455 e. The Morgan fingerprint density at radius 3 is 1.25 bits per heavy atom. The molecule has 0 atom stereocenters. The number of furan rings is 3. The van der Waals surface area contributed by atoms with Crippen LogP contribution < -0.4 is 16.0 Å². The molecule has 0 saturated heterocycles. The van der Waals surface area contributed by atoms with Crippen LogP contribution >= 0.6 is 11.3 Å². The van der Waals surface area contributed by atoms with Gasteiger partial charge >= 0.3 is 0 Å². The molecule has 4 aromatic heterocycles. The standard InChI is InChI=1S/C35H27NO.C30H19NOS.C30H21NO/c1-35(2)19-18-26-20-27(16-17-32(26)35)36-28-21-30(34-31(22-28)29-10-6-7-11-33(29)37-34)25-14-12-24(13-15-25)23-8-4-3-5-9-23;1-2-9-19(10-3-1)31-20-17-25-21-11-4-6-15-27(21)32-29(25)26(18-20)24-14-8-13-23-22-12-5-7-16-28(22)33-30(23)24;1-3-10-21(11-4-1)23-14-9-15-24(18-23)31-25-19-27(22-12-5-2-6-13-22)30-28(20-25)26-16-7-8-17-29(26)32-30/h3-22,36H,1-2H3;1-18,31H;1-20,31H. The van der Waals surface area contributed by atoms with Crippen LogP contribution in [0.25, 0.3) is 148 Å². The molecule has 486 valence electrons. The van der Waals surface area contributed by atoms with E-state index in [-0.39, 0.29) is 5.41 Å². The Bertz CT molecular complexity index is 6360. The van der Waals surface area contributed by atoms with E-state index in [1.54, 1.807) is 0 Å². The maximum atomic E-state index is 6.44. The van der Waals surface area contributed by atoms with Gasteiger partial charge in [0.25, 0.3) is 0 Å². The molecule has 20 rings (SSSR count). The van der Waals surface area contributed by atoms with Crippen molar-refractivity contribution in [3.63, 3.8) is 0 Å². The molecule has 1 aliphatic rings. The Hall–Kier alpha value is -12.9. The fourth-order valence-electron chi connectivity index (χ4n) is 14.6. The quantitative estimate of drug-likeness (QED) is 0.120. The molecular weight excluding hydrogens is 1260 g/mol. The molecule has 0 fully saturated rings. The highest BCUT2D eigenvalue weighted by Crippen LogP contribution is 2.47. The molecule has 0 amide bonds. The fourth-order valence-corrected chi connectivity index (χ4v) is 15.8. The van der Waals surface area contributed by atoms with Gasteiger partial charge in [-0.1, -0.05) is 269 Å². The zero-order valence-electron chi connectivity index (χ0n) is 56.1. The summed E-state index contributed by atoms with van der Waals surface area (Å²) in [4.78, 5) is 0. The molecule has 0 unspecified atom stereocenters. The molecular formula is C95H67N3O3S. The second-order valence-corrected chi connectivity index (χ2v) is 27.7. The van der Waals surface area contributed by atoms with Crippen LogP contribution in [0.4, 0.5) is 34.1 Å². The van der Waals surface area contributed by atoms with Gasteiger partial charge in [-0.2, -0.15) is 0 Å². The zero-order valence-corrected chi connectivity index (χ0v) is 56.9. The van der Waals surface area contributed by atoms with E-state index in [2.05, 4.69) is 309 Å². The van der Waals surface area contributed by atoms with E-state index in [1.165, 1.54) is 59.1 Å². The maximum Gasteiger partial charge on any atom is 0.143 e. The first-order valence-electron chi connectivity index (χ1n) is 34.6. The van der Waals surface area contributed by atoms with E-state index in [9.17, 15) is 0 Å². The van der Waals surface area contributed by atoms with Crippen molar-refractivity contribution in [1.29, 1.82) is 0 Å². The molecule has 0 radical (unpaired) electrons. The van der Waals surface area contributed by atoms with Gasteiger partial charge < -0.3 is 29.2 Å². The van der Waals surface area contributed by atoms with Gasteiger partial charge in [0.2, 0.25) is 0 Å². The Balaban J connectivity index is 0.000000110. The second-order valence-electron chi connectivity index (χ2n) is 26.6.